The molecular weight excluding hydrogens is 435 g/mol. The van der Waals surface area contributed by atoms with Crippen molar-refractivity contribution >= 4 is 29.9 Å². The van der Waals surface area contributed by atoms with Gasteiger partial charge in [-0.2, -0.15) is 0 Å². The largest absolute Gasteiger partial charge is 0.382 e. The lowest BCUT2D eigenvalue weighted by molar-refractivity contribution is 0.0536. The smallest absolute Gasteiger partial charge is 0.193 e. The Balaban J connectivity index is 0.00000312. The van der Waals surface area contributed by atoms with Gasteiger partial charge in [0, 0.05) is 52.7 Å². The first-order valence-corrected chi connectivity index (χ1v) is 8.67. The molecule has 1 atom stereocenters. The lowest BCUT2D eigenvalue weighted by atomic mass is 10.1. The van der Waals surface area contributed by atoms with E-state index in [1.165, 1.54) is 0 Å². The molecule has 1 aromatic heterocycles. The molecule has 1 saturated heterocycles. The zero-order chi connectivity index (χ0) is 17.2. The topological polar surface area (TPSA) is 76.8 Å². The van der Waals surface area contributed by atoms with Crippen LogP contribution in [0.2, 0.25) is 0 Å². The molecule has 0 bridgehead atoms. The zero-order valence-corrected chi connectivity index (χ0v) is 17.8. The van der Waals surface area contributed by atoms with Gasteiger partial charge in [-0.15, -0.1) is 34.2 Å². The molecule has 2 heterocycles. The fraction of sp³-hybridized carbons (Fsp3) is 0.812. The first-order valence-electron chi connectivity index (χ1n) is 8.67. The van der Waals surface area contributed by atoms with E-state index in [0.29, 0.717) is 19.1 Å². The number of aromatic nitrogens is 3. The summed E-state index contributed by atoms with van der Waals surface area (Å²) in [6.07, 6.45) is 3.82. The molecule has 0 spiro atoms. The number of nitrogens with zero attached hydrogens (tertiary/aromatic N) is 5. The first kappa shape index (κ1) is 22.1. The zero-order valence-electron chi connectivity index (χ0n) is 15.5. The predicted octanol–water partition coefficient (Wildman–Crippen LogP) is 1.02. The summed E-state index contributed by atoms with van der Waals surface area (Å²) in [5, 5.41) is 11.5. The van der Waals surface area contributed by atoms with Gasteiger partial charge >= 0.3 is 0 Å². The Morgan fingerprint density at radius 2 is 2.28 bits per heavy atom. The lowest BCUT2D eigenvalue weighted by Crippen LogP contribution is -2.41. The van der Waals surface area contributed by atoms with Crippen LogP contribution in [0.3, 0.4) is 0 Å². The van der Waals surface area contributed by atoms with Crippen LogP contribution in [-0.4, -0.2) is 79.2 Å². The Morgan fingerprint density at radius 1 is 1.44 bits per heavy atom. The van der Waals surface area contributed by atoms with Crippen LogP contribution < -0.4 is 5.32 Å². The molecule has 1 N–H and O–H groups in total. The summed E-state index contributed by atoms with van der Waals surface area (Å²) in [6, 6.07) is 0. The van der Waals surface area contributed by atoms with Crippen molar-refractivity contribution in [1.29, 1.82) is 0 Å². The fourth-order valence-electron chi connectivity index (χ4n) is 2.91. The van der Waals surface area contributed by atoms with Gasteiger partial charge in [0.1, 0.15) is 12.2 Å². The van der Waals surface area contributed by atoms with Crippen LogP contribution in [0.15, 0.2) is 11.3 Å². The number of aliphatic imine (C=N–C) groups is 1. The minimum atomic E-state index is 0. The van der Waals surface area contributed by atoms with Crippen LogP contribution in [0.5, 0.6) is 0 Å². The third kappa shape index (κ3) is 7.06. The van der Waals surface area contributed by atoms with Gasteiger partial charge in [0.25, 0.3) is 0 Å². The number of nitrogens with one attached hydrogen (secondary N) is 1. The molecule has 2 rings (SSSR count). The molecule has 144 valence electrons. The lowest BCUT2D eigenvalue weighted by Gasteiger charge is -2.22. The van der Waals surface area contributed by atoms with Crippen LogP contribution in [0.4, 0.5) is 0 Å². The highest BCUT2D eigenvalue weighted by molar-refractivity contribution is 14.0. The Morgan fingerprint density at radius 3 is 3.00 bits per heavy atom. The molecule has 0 saturated carbocycles. The fourth-order valence-corrected chi connectivity index (χ4v) is 2.91. The van der Waals surface area contributed by atoms with Gasteiger partial charge in [-0.25, -0.2) is 0 Å². The summed E-state index contributed by atoms with van der Waals surface area (Å²) < 4.78 is 12.7. The molecule has 0 radical (unpaired) electrons. The van der Waals surface area contributed by atoms with Crippen LogP contribution in [-0.2, 0) is 22.4 Å². The number of guanidine groups is 1. The van der Waals surface area contributed by atoms with Crippen molar-refractivity contribution in [1.82, 2.24) is 25.0 Å². The molecule has 25 heavy (non-hydrogen) atoms. The molecule has 1 aliphatic rings. The SMILES string of the molecule is CCc1nncn1CCNC(=NC)N1CCC(COCCOC)C1.I. The minimum absolute atomic E-state index is 0. The molecule has 0 aliphatic carbocycles. The van der Waals surface area contributed by atoms with E-state index >= 15 is 0 Å². The highest BCUT2D eigenvalue weighted by atomic mass is 127. The van der Waals surface area contributed by atoms with E-state index in [1.54, 1.807) is 13.4 Å². The molecule has 0 amide bonds. The third-order valence-electron chi connectivity index (χ3n) is 4.23. The molecule has 1 unspecified atom stereocenters. The van der Waals surface area contributed by atoms with Gasteiger partial charge in [-0.1, -0.05) is 6.92 Å². The number of rotatable bonds is 9. The maximum absolute atomic E-state index is 5.65. The van der Waals surface area contributed by atoms with Gasteiger partial charge in [-0.05, 0) is 6.42 Å². The van der Waals surface area contributed by atoms with Crippen molar-refractivity contribution in [3.63, 3.8) is 0 Å². The molecule has 9 heteroatoms. The summed E-state index contributed by atoms with van der Waals surface area (Å²) in [7, 11) is 3.53. The summed E-state index contributed by atoms with van der Waals surface area (Å²) in [5.74, 6) is 2.53. The van der Waals surface area contributed by atoms with Gasteiger partial charge in [0.05, 0.1) is 19.8 Å². The van der Waals surface area contributed by atoms with Crippen molar-refractivity contribution in [2.45, 2.75) is 26.3 Å². The van der Waals surface area contributed by atoms with Crippen molar-refractivity contribution < 1.29 is 9.47 Å². The second kappa shape index (κ2) is 12.4. The molecule has 1 aliphatic heterocycles. The average molecular weight is 466 g/mol. The van der Waals surface area contributed by atoms with Gasteiger partial charge in [-0.3, -0.25) is 4.99 Å². The normalized spacial score (nSPS) is 17.6. The van der Waals surface area contributed by atoms with E-state index < -0.39 is 0 Å². The summed E-state index contributed by atoms with van der Waals surface area (Å²) in [5.41, 5.74) is 0. The second-order valence-electron chi connectivity index (χ2n) is 5.94. The maximum atomic E-state index is 5.65. The van der Waals surface area contributed by atoms with Crippen molar-refractivity contribution in [3.8, 4) is 0 Å². The quantitative estimate of drug-likeness (QED) is 0.254. The van der Waals surface area contributed by atoms with Crippen LogP contribution in [0.25, 0.3) is 0 Å². The number of likely N-dealkylation sites (tertiary alicyclic amines) is 1. The molecule has 1 aromatic rings. The monoisotopic (exact) mass is 466 g/mol. The van der Waals surface area contributed by atoms with Crippen molar-refractivity contribution in [3.05, 3.63) is 12.2 Å². The van der Waals surface area contributed by atoms with Crippen LogP contribution in [0.1, 0.15) is 19.2 Å². The Hall–Kier alpha value is -0.940. The summed E-state index contributed by atoms with van der Waals surface area (Å²) in [4.78, 5) is 6.71. The number of hydrogen-bond acceptors (Lipinski definition) is 5. The van der Waals surface area contributed by atoms with E-state index in [4.69, 9.17) is 9.47 Å². The van der Waals surface area contributed by atoms with Gasteiger partial charge < -0.3 is 24.3 Å². The van der Waals surface area contributed by atoms with Crippen molar-refractivity contribution in [2.75, 3.05) is 53.6 Å². The average Bonchev–Trinajstić information content (AvgIpc) is 3.24. The molecular formula is C16H31IN6O2. The van der Waals surface area contributed by atoms with Crippen LogP contribution >= 0.6 is 24.0 Å². The minimum Gasteiger partial charge on any atom is -0.382 e. The third-order valence-corrected chi connectivity index (χ3v) is 4.23. The summed E-state index contributed by atoms with van der Waals surface area (Å²) in [6.45, 7) is 7.85. The summed E-state index contributed by atoms with van der Waals surface area (Å²) >= 11 is 0. The molecule has 0 aromatic carbocycles. The van der Waals surface area contributed by atoms with Gasteiger partial charge in [0.2, 0.25) is 0 Å². The van der Waals surface area contributed by atoms with Gasteiger partial charge in [0.15, 0.2) is 5.96 Å². The number of ether oxygens (including phenoxy) is 2. The van der Waals surface area contributed by atoms with E-state index in [-0.39, 0.29) is 24.0 Å². The Bertz CT molecular complexity index is 511. The molecule has 8 nitrogen and oxygen atoms in total. The highest BCUT2D eigenvalue weighted by Crippen LogP contribution is 2.16. The predicted molar refractivity (Wildman–Crippen MR) is 109 cm³/mol. The van der Waals surface area contributed by atoms with E-state index in [0.717, 1.165) is 57.4 Å². The number of aryl methyl sites for hydroxylation is 1. The second-order valence-corrected chi connectivity index (χ2v) is 5.94. The Labute approximate surface area is 167 Å². The number of methoxy groups -OCH3 is 1. The van der Waals surface area contributed by atoms with Crippen LogP contribution in [0, 0.1) is 5.92 Å². The maximum Gasteiger partial charge on any atom is 0.193 e. The van der Waals surface area contributed by atoms with E-state index in [1.807, 2.05) is 7.05 Å². The first-order chi connectivity index (χ1) is 11.8. The standard InChI is InChI=1S/C16H30N6O2.HI/c1-4-15-20-19-13-22(15)8-6-18-16(17-2)21-7-5-14(11-21)12-24-10-9-23-3;/h13-14H,4-12H2,1-3H3,(H,17,18);1H. The number of hydrogen-bond donors (Lipinski definition) is 1. The molecule has 1 fully saturated rings. The van der Waals surface area contributed by atoms with Crippen molar-refractivity contribution in [2.24, 2.45) is 10.9 Å². The van der Waals surface area contributed by atoms with E-state index in [9.17, 15) is 0 Å². The Kier molecular flexibility index (Phi) is 11.0. The highest BCUT2D eigenvalue weighted by Gasteiger charge is 2.24. The number of halogens is 1. The van der Waals surface area contributed by atoms with E-state index in [2.05, 4.69) is 36.9 Å².